The Labute approximate surface area is 126 Å². The van der Waals surface area contributed by atoms with Crippen LogP contribution < -0.4 is 0 Å². The van der Waals surface area contributed by atoms with E-state index in [1.165, 1.54) is 0 Å². The summed E-state index contributed by atoms with van der Waals surface area (Å²) >= 11 is 0. The fourth-order valence-electron chi connectivity index (χ4n) is 2.37. The predicted octanol–water partition coefficient (Wildman–Crippen LogP) is 3.60. The van der Waals surface area contributed by atoms with Crippen molar-refractivity contribution in [3.05, 3.63) is 48.0 Å². The minimum absolute atomic E-state index is 0.591. The van der Waals surface area contributed by atoms with Gasteiger partial charge in [-0.2, -0.15) is 0 Å². The zero-order chi connectivity index (χ0) is 15.5. The highest BCUT2D eigenvalue weighted by Crippen LogP contribution is 2.25. The molecule has 0 unspecified atom stereocenters. The monoisotopic (exact) mass is 282 g/mol. The van der Waals surface area contributed by atoms with Crippen LogP contribution >= 0.6 is 0 Å². The second-order valence-corrected chi connectivity index (χ2v) is 5.91. The Balaban J connectivity index is 2.35. The second kappa shape index (κ2) is 5.89. The molecule has 0 aliphatic rings. The molecule has 2 aromatic rings. The molecule has 0 spiro atoms. The van der Waals surface area contributed by atoms with E-state index in [1.54, 1.807) is 13.8 Å². The Kier molecular flexibility index (Phi) is 4.37. The first-order valence-corrected chi connectivity index (χ1v) is 7.32. The Morgan fingerprint density at radius 1 is 0.952 bits per heavy atom. The highest BCUT2D eigenvalue weighted by atomic mass is 16.3. The first-order chi connectivity index (χ1) is 9.84. The molecule has 2 rings (SSSR count). The van der Waals surface area contributed by atoms with Crippen LogP contribution in [0.15, 0.2) is 42.5 Å². The van der Waals surface area contributed by atoms with Crippen molar-refractivity contribution in [2.24, 2.45) is 0 Å². The summed E-state index contributed by atoms with van der Waals surface area (Å²) in [4.78, 5) is 0. The summed E-state index contributed by atoms with van der Waals surface area (Å²) < 4.78 is 0. The Hall–Kier alpha value is -1.82. The van der Waals surface area contributed by atoms with Crippen molar-refractivity contribution in [1.82, 2.24) is 0 Å². The maximum absolute atomic E-state index is 10.6. The SMILES string of the molecule is CCC[C@](C)(O)C#C[C@](C)(O)c1ccc2ccccc2c1. The molecule has 2 heteroatoms. The molecule has 0 radical (unpaired) electrons. The van der Waals surface area contributed by atoms with Crippen LogP contribution in [-0.4, -0.2) is 15.8 Å². The first-order valence-electron chi connectivity index (χ1n) is 7.32. The maximum Gasteiger partial charge on any atom is 0.148 e. The van der Waals surface area contributed by atoms with E-state index in [4.69, 9.17) is 0 Å². The van der Waals surface area contributed by atoms with E-state index in [2.05, 4.69) is 11.8 Å². The molecule has 0 aliphatic heterocycles. The van der Waals surface area contributed by atoms with Crippen LogP contribution in [-0.2, 0) is 5.60 Å². The topological polar surface area (TPSA) is 40.5 Å². The number of aliphatic hydroxyl groups is 2. The van der Waals surface area contributed by atoms with Gasteiger partial charge in [0, 0.05) is 0 Å². The highest BCUT2D eigenvalue weighted by molar-refractivity contribution is 5.83. The third-order valence-corrected chi connectivity index (χ3v) is 3.62. The zero-order valence-corrected chi connectivity index (χ0v) is 12.9. The molecule has 0 aliphatic carbocycles. The normalized spacial score (nSPS) is 16.6. The van der Waals surface area contributed by atoms with Gasteiger partial charge in [0.25, 0.3) is 0 Å². The summed E-state index contributed by atoms with van der Waals surface area (Å²) in [6.45, 7) is 5.34. The molecule has 2 atom stereocenters. The molecule has 0 amide bonds. The quantitative estimate of drug-likeness (QED) is 0.844. The minimum atomic E-state index is -1.28. The van der Waals surface area contributed by atoms with Gasteiger partial charge in [0.15, 0.2) is 0 Å². The predicted molar refractivity (Wildman–Crippen MR) is 86.8 cm³/mol. The van der Waals surface area contributed by atoms with Crippen LogP contribution in [0.5, 0.6) is 0 Å². The van der Waals surface area contributed by atoms with Gasteiger partial charge in [0.05, 0.1) is 0 Å². The Morgan fingerprint density at radius 2 is 1.62 bits per heavy atom. The van der Waals surface area contributed by atoms with Gasteiger partial charge in [-0.3, -0.25) is 0 Å². The molecule has 0 saturated heterocycles. The van der Waals surface area contributed by atoms with Gasteiger partial charge in [-0.05, 0) is 42.7 Å². The van der Waals surface area contributed by atoms with E-state index in [1.807, 2.05) is 49.4 Å². The van der Waals surface area contributed by atoms with Gasteiger partial charge < -0.3 is 10.2 Å². The van der Waals surface area contributed by atoms with Gasteiger partial charge in [0.2, 0.25) is 0 Å². The number of benzene rings is 2. The minimum Gasteiger partial charge on any atom is -0.378 e. The smallest absolute Gasteiger partial charge is 0.148 e. The molecule has 0 heterocycles. The number of rotatable bonds is 3. The third-order valence-electron chi connectivity index (χ3n) is 3.62. The van der Waals surface area contributed by atoms with Gasteiger partial charge in [-0.1, -0.05) is 61.6 Å². The first kappa shape index (κ1) is 15.6. The van der Waals surface area contributed by atoms with Crippen molar-refractivity contribution in [2.75, 3.05) is 0 Å². The van der Waals surface area contributed by atoms with Crippen LogP contribution in [0.3, 0.4) is 0 Å². The Morgan fingerprint density at radius 3 is 2.29 bits per heavy atom. The molecule has 2 nitrogen and oxygen atoms in total. The van der Waals surface area contributed by atoms with Crippen LogP contribution in [0.4, 0.5) is 0 Å². The fraction of sp³-hybridized carbons (Fsp3) is 0.368. The average Bonchev–Trinajstić information content (AvgIpc) is 2.45. The summed E-state index contributed by atoms with van der Waals surface area (Å²) in [5.41, 5.74) is -1.60. The lowest BCUT2D eigenvalue weighted by Crippen LogP contribution is -2.24. The molecule has 21 heavy (non-hydrogen) atoms. The van der Waals surface area contributed by atoms with Gasteiger partial charge in [0.1, 0.15) is 11.2 Å². The summed E-state index contributed by atoms with van der Waals surface area (Å²) in [5.74, 6) is 5.62. The largest absolute Gasteiger partial charge is 0.378 e. The van der Waals surface area contributed by atoms with Crippen LogP contribution in [0, 0.1) is 11.8 Å². The summed E-state index contributed by atoms with van der Waals surface area (Å²) in [6, 6.07) is 13.8. The molecule has 0 bridgehead atoms. The van der Waals surface area contributed by atoms with Crippen molar-refractivity contribution in [2.45, 2.75) is 44.8 Å². The summed E-state index contributed by atoms with van der Waals surface area (Å²) in [6.07, 6.45) is 1.44. The van der Waals surface area contributed by atoms with Crippen molar-refractivity contribution in [3.8, 4) is 11.8 Å². The average molecular weight is 282 g/mol. The van der Waals surface area contributed by atoms with E-state index in [0.29, 0.717) is 6.42 Å². The van der Waals surface area contributed by atoms with E-state index >= 15 is 0 Å². The number of fused-ring (bicyclic) bond motifs is 1. The molecule has 110 valence electrons. The lowest BCUT2D eigenvalue weighted by Gasteiger charge is -2.20. The highest BCUT2D eigenvalue weighted by Gasteiger charge is 2.22. The lowest BCUT2D eigenvalue weighted by molar-refractivity contribution is 0.103. The Bertz CT molecular complexity index is 687. The van der Waals surface area contributed by atoms with Crippen molar-refractivity contribution < 1.29 is 10.2 Å². The van der Waals surface area contributed by atoms with E-state index in [0.717, 1.165) is 22.8 Å². The molecule has 0 aromatic heterocycles. The van der Waals surface area contributed by atoms with Crippen LogP contribution in [0.1, 0.15) is 39.2 Å². The van der Waals surface area contributed by atoms with Crippen molar-refractivity contribution in [1.29, 1.82) is 0 Å². The molecule has 2 aromatic carbocycles. The third kappa shape index (κ3) is 3.85. The fourth-order valence-corrected chi connectivity index (χ4v) is 2.37. The lowest BCUT2D eigenvalue weighted by atomic mass is 9.92. The summed E-state index contributed by atoms with van der Waals surface area (Å²) in [5, 5.41) is 22.9. The van der Waals surface area contributed by atoms with Crippen molar-refractivity contribution >= 4 is 10.8 Å². The van der Waals surface area contributed by atoms with Gasteiger partial charge in [-0.15, -0.1) is 0 Å². The zero-order valence-electron chi connectivity index (χ0n) is 12.9. The molecular weight excluding hydrogens is 260 g/mol. The van der Waals surface area contributed by atoms with Gasteiger partial charge in [-0.25, -0.2) is 0 Å². The summed E-state index contributed by atoms with van der Waals surface area (Å²) in [7, 11) is 0. The number of hydrogen-bond acceptors (Lipinski definition) is 2. The van der Waals surface area contributed by atoms with Crippen molar-refractivity contribution in [3.63, 3.8) is 0 Å². The molecule has 0 saturated carbocycles. The van der Waals surface area contributed by atoms with Gasteiger partial charge >= 0.3 is 0 Å². The van der Waals surface area contributed by atoms with Crippen LogP contribution in [0.25, 0.3) is 10.8 Å². The molecule has 2 N–H and O–H groups in total. The van der Waals surface area contributed by atoms with E-state index in [9.17, 15) is 10.2 Å². The number of hydrogen-bond donors (Lipinski definition) is 2. The standard InChI is InChI=1S/C19H22O2/c1-4-11-18(2,20)12-13-19(3,21)17-10-9-15-7-5-6-8-16(15)14-17/h5-10,14,20-21H,4,11H2,1-3H3/t18-,19-/m0/s1. The second-order valence-electron chi connectivity index (χ2n) is 5.91. The van der Waals surface area contributed by atoms with E-state index in [-0.39, 0.29) is 0 Å². The van der Waals surface area contributed by atoms with Crippen LogP contribution in [0.2, 0.25) is 0 Å². The van der Waals surface area contributed by atoms with E-state index < -0.39 is 11.2 Å². The molecular formula is C19H22O2. The maximum atomic E-state index is 10.6. The molecule has 0 fully saturated rings.